The normalized spacial score (nSPS) is 18.7. The zero-order valence-electron chi connectivity index (χ0n) is 20.0. The first-order valence-corrected chi connectivity index (χ1v) is 13.3. The maximum atomic E-state index is 12.8. The van der Waals surface area contributed by atoms with Crippen molar-refractivity contribution >= 4 is 17.7 Å². The molecule has 0 unspecified atom stereocenters. The summed E-state index contributed by atoms with van der Waals surface area (Å²) in [5.74, 6) is 2.22. The summed E-state index contributed by atoms with van der Waals surface area (Å²) < 4.78 is 7.58. The first-order chi connectivity index (χ1) is 16.2. The molecule has 1 aliphatic heterocycles. The molecule has 4 rings (SSSR count). The fourth-order valence-corrected chi connectivity index (χ4v) is 5.99. The van der Waals surface area contributed by atoms with E-state index in [1.54, 1.807) is 7.11 Å². The Kier molecular flexibility index (Phi) is 8.67. The smallest absolute Gasteiger partial charge is 0.230 e. The Bertz CT molecular complexity index is 889. The highest BCUT2D eigenvalue weighted by molar-refractivity contribution is 7.99. The van der Waals surface area contributed by atoms with Crippen LogP contribution in [0.2, 0.25) is 0 Å². The summed E-state index contributed by atoms with van der Waals surface area (Å²) in [6.45, 7) is 4.78. The lowest BCUT2D eigenvalue weighted by molar-refractivity contribution is -0.118. The van der Waals surface area contributed by atoms with Crippen LogP contribution >= 0.6 is 11.8 Å². The molecule has 1 aliphatic carbocycles. The second kappa shape index (κ2) is 11.9. The molecule has 2 aliphatic rings. The lowest BCUT2D eigenvalue weighted by Crippen LogP contribution is -2.41. The van der Waals surface area contributed by atoms with E-state index in [1.165, 1.54) is 68.7 Å². The zero-order valence-corrected chi connectivity index (χ0v) is 20.8. The van der Waals surface area contributed by atoms with Gasteiger partial charge in [-0.2, -0.15) is 0 Å². The number of nitrogens with zero attached hydrogens (tertiary/aromatic N) is 4. The number of rotatable bonds is 9. The molecule has 1 saturated heterocycles. The number of aromatic nitrogens is 3. The number of carbonyl (C=O) groups excluding carboxylic acids is 1. The largest absolute Gasteiger partial charge is 0.497 e. The molecule has 0 radical (unpaired) electrons. The van der Waals surface area contributed by atoms with Crippen molar-refractivity contribution in [1.82, 2.24) is 25.0 Å². The molecule has 0 bridgehead atoms. The molecule has 1 aromatic heterocycles. The summed E-state index contributed by atoms with van der Waals surface area (Å²) in [5, 5.41) is 12.7. The highest BCUT2D eigenvalue weighted by Gasteiger charge is 2.24. The number of thioether (sulfide) groups is 1. The second-order valence-corrected chi connectivity index (χ2v) is 10.1. The van der Waals surface area contributed by atoms with Crippen LogP contribution < -0.4 is 10.1 Å². The molecular weight excluding hydrogens is 434 g/mol. The number of likely N-dealkylation sites (tertiary alicyclic amines) is 1. The number of benzene rings is 1. The number of methoxy groups -OCH3 is 1. The zero-order chi connectivity index (χ0) is 23.0. The Morgan fingerprint density at radius 1 is 1.09 bits per heavy atom. The van der Waals surface area contributed by atoms with E-state index < -0.39 is 0 Å². The first kappa shape index (κ1) is 24.1. The van der Waals surface area contributed by atoms with Gasteiger partial charge in [0.2, 0.25) is 5.91 Å². The summed E-state index contributed by atoms with van der Waals surface area (Å²) in [4.78, 5) is 15.3. The molecule has 0 spiro atoms. The van der Waals surface area contributed by atoms with Gasteiger partial charge in [-0.25, -0.2) is 0 Å². The monoisotopic (exact) mass is 471 g/mol. The van der Waals surface area contributed by atoms with E-state index in [1.807, 2.05) is 19.1 Å². The van der Waals surface area contributed by atoms with Crippen LogP contribution in [0.1, 0.15) is 74.8 Å². The topological polar surface area (TPSA) is 72.3 Å². The van der Waals surface area contributed by atoms with E-state index >= 15 is 0 Å². The van der Waals surface area contributed by atoms with Crippen LogP contribution in [0.5, 0.6) is 5.75 Å². The maximum Gasteiger partial charge on any atom is 0.230 e. The average Bonchev–Trinajstić information content (AvgIpc) is 3.24. The minimum Gasteiger partial charge on any atom is -0.497 e. The Morgan fingerprint density at radius 2 is 1.79 bits per heavy atom. The SMILES string of the molecule is COc1ccc([C@@H](CNC(=O)CSc2nnc(C)n2C2CCCCC2)N2CCCCC2)cc1. The van der Waals surface area contributed by atoms with E-state index in [-0.39, 0.29) is 11.9 Å². The van der Waals surface area contributed by atoms with Gasteiger partial charge in [0.1, 0.15) is 11.6 Å². The van der Waals surface area contributed by atoms with Gasteiger partial charge in [0.25, 0.3) is 0 Å². The average molecular weight is 472 g/mol. The summed E-state index contributed by atoms with van der Waals surface area (Å²) in [6.07, 6.45) is 9.91. The van der Waals surface area contributed by atoms with Gasteiger partial charge in [0.15, 0.2) is 5.16 Å². The Labute approximate surface area is 201 Å². The van der Waals surface area contributed by atoms with Gasteiger partial charge in [0.05, 0.1) is 18.9 Å². The second-order valence-electron chi connectivity index (χ2n) is 9.17. The van der Waals surface area contributed by atoms with Crippen molar-refractivity contribution in [2.75, 3.05) is 32.5 Å². The Morgan fingerprint density at radius 3 is 2.48 bits per heavy atom. The van der Waals surface area contributed by atoms with Gasteiger partial charge in [-0.3, -0.25) is 9.69 Å². The number of aryl methyl sites for hydroxylation is 1. The van der Waals surface area contributed by atoms with Crippen molar-refractivity contribution in [3.8, 4) is 5.75 Å². The quantitative estimate of drug-likeness (QED) is 0.542. The molecule has 1 saturated carbocycles. The van der Waals surface area contributed by atoms with Crippen LogP contribution in [0.15, 0.2) is 29.4 Å². The van der Waals surface area contributed by atoms with Gasteiger partial charge in [-0.1, -0.05) is 49.6 Å². The highest BCUT2D eigenvalue weighted by Crippen LogP contribution is 2.32. The minimum atomic E-state index is 0.0476. The Balaban J connectivity index is 1.35. The molecule has 8 heteroatoms. The molecule has 2 aromatic rings. The first-order valence-electron chi connectivity index (χ1n) is 12.3. The third-order valence-electron chi connectivity index (χ3n) is 6.93. The number of nitrogens with one attached hydrogen (secondary N) is 1. The lowest BCUT2D eigenvalue weighted by atomic mass is 9.95. The fraction of sp³-hybridized carbons (Fsp3) is 0.640. The van der Waals surface area contributed by atoms with Gasteiger partial charge in [-0.15, -0.1) is 10.2 Å². The molecule has 180 valence electrons. The number of hydrogen-bond acceptors (Lipinski definition) is 6. The number of amides is 1. The van der Waals surface area contributed by atoms with Crippen LogP contribution in [-0.4, -0.2) is 58.1 Å². The van der Waals surface area contributed by atoms with Gasteiger partial charge in [0, 0.05) is 12.6 Å². The van der Waals surface area contributed by atoms with E-state index in [9.17, 15) is 4.79 Å². The summed E-state index contributed by atoms with van der Waals surface area (Å²) in [7, 11) is 1.69. The van der Waals surface area contributed by atoms with Crippen molar-refractivity contribution in [2.45, 2.75) is 75.5 Å². The summed E-state index contributed by atoms with van der Waals surface area (Å²) >= 11 is 1.50. The van der Waals surface area contributed by atoms with Gasteiger partial charge >= 0.3 is 0 Å². The maximum absolute atomic E-state index is 12.8. The Hall–Kier alpha value is -2.06. The van der Waals surface area contributed by atoms with Crippen LogP contribution in [-0.2, 0) is 4.79 Å². The summed E-state index contributed by atoms with van der Waals surface area (Å²) in [5.41, 5.74) is 1.22. The van der Waals surface area contributed by atoms with E-state index in [4.69, 9.17) is 4.74 Å². The predicted molar refractivity (Wildman–Crippen MR) is 132 cm³/mol. The number of ether oxygens (including phenoxy) is 1. The van der Waals surface area contributed by atoms with Crippen molar-refractivity contribution in [3.05, 3.63) is 35.7 Å². The predicted octanol–water partition coefficient (Wildman–Crippen LogP) is 4.54. The number of carbonyl (C=O) groups is 1. The fourth-order valence-electron chi connectivity index (χ4n) is 5.11. The molecular formula is C25H37N5O2S. The van der Waals surface area contributed by atoms with Crippen molar-refractivity contribution < 1.29 is 9.53 Å². The van der Waals surface area contributed by atoms with E-state index in [0.29, 0.717) is 18.3 Å². The molecule has 2 heterocycles. The molecule has 1 N–H and O–H groups in total. The molecule has 7 nitrogen and oxygen atoms in total. The highest BCUT2D eigenvalue weighted by atomic mass is 32.2. The summed E-state index contributed by atoms with van der Waals surface area (Å²) in [6, 6.07) is 8.90. The lowest BCUT2D eigenvalue weighted by Gasteiger charge is -2.35. The van der Waals surface area contributed by atoms with Crippen molar-refractivity contribution in [1.29, 1.82) is 0 Å². The molecule has 1 amide bonds. The third-order valence-corrected chi connectivity index (χ3v) is 7.87. The molecule has 33 heavy (non-hydrogen) atoms. The molecule has 1 aromatic carbocycles. The third kappa shape index (κ3) is 6.29. The van der Waals surface area contributed by atoms with Gasteiger partial charge < -0.3 is 14.6 Å². The van der Waals surface area contributed by atoms with Crippen LogP contribution in [0.3, 0.4) is 0 Å². The van der Waals surface area contributed by atoms with Crippen molar-refractivity contribution in [2.24, 2.45) is 0 Å². The van der Waals surface area contributed by atoms with Crippen molar-refractivity contribution in [3.63, 3.8) is 0 Å². The van der Waals surface area contributed by atoms with Crippen LogP contribution in [0.4, 0.5) is 0 Å². The van der Waals surface area contributed by atoms with Gasteiger partial charge in [-0.05, 0) is 63.4 Å². The van der Waals surface area contributed by atoms with E-state index in [2.05, 4.69) is 37.1 Å². The van der Waals surface area contributed by atoms with Crippen LogP contribution in [0, 0.1) is 6.92 Å². The van der Waals surface area contributed by atoms with E-state index in [0.717, 1.165) is 29.8 Å². The molecule has 2 fully saturated rings. The van der Waals surface area contributed by atoms with Crippen LogP contribution in [0.25, 0.3) is 0 Å². The number of hydrogen-bond donors (Lipinski definition) is 1. The number of piperidine rings is 1. The minimum absolute atomic E-state index is 0.0476. The molecule has 1 atom stereocenters. The standard InChI is InChI=1S/C25H37N5O2S/c1-19-27-28-25(30(19)21-9-5-3-6-10-21)33-18-24(31)26-17-23(29-15-7-4-8-16-29)20-11-13-22(32-2)14-12-20/h11-14,21,23H,3-10,15-18H2,1-2H3,(H,26,31)/t23-/m1/s1.